The van der Waals surface area contributed by atoms with Crippen LogP contribution in [0.4, 0.5) is 5.69 Å². The third-order valence-electron chi connectivity index (χ3n) is 3.54. The molecule has 1 fully saturated rings. The molecule has 1 aliphatic rings. The number of benzene rings is 1. The van der Waals surface area contributed by atoms with Crippen molar-refractivity contribution < 1.29 is 9.72 Å². The van der Waals surface area contributed by atoms with E-state index in [0.29, 0.717) is 11.5 Å². The number of carbonyl (C=O) groups excluding carboxylic acids is 1. The zero-order chi connectivity index (χ0) is 13.3. The second kappa shape index (κ2) is 4.76. The molecular weight excluding hydrogens is 232 g/mol. The molecule has 5 nitrogen and oxygen atoms in total. The Bertz CT molecular complexity index is 483. The van der Waals surface area contributed by atoms with E-state index >= 15 is 0 Å². The van der Waals surface area contributed by atoms with Gasteiger partial charge in [0.2, 0.25) is 0 Å². The van der Waals surface area contributed by atoms with Gasteiger partial charge in [0.15, 0.2) is 0 Å². The second-order valence-corrected chi connectivity index (χ2v) is 4.80. The normalized spacial score (nSPS) is 16.1. The third-order valence-corrected chi connectivity index (χ3v) is 3.54. The van der Waals surface area contributed by atoms with Crippen molar-refractivity contribution >= 4 is 11.6 Å². The van der Waals surface area contributed by atoms with Crippen molar-refractivity contribution in [1.29, 1.82) is 0 Å². The first-order valence-electron chi connectivity index (χ1n) is 6.02. The number of amides is 1. The maximum atomic E-state index is 12.2. The SMILES string of the molecule is CC(C1CC1)N(C)C(=O)c1cccc([N+](=O)[O-])c1. The molecule has 0 bridgehead atoms. The van der Waals surface area contributed by atoms with Crippen LogP contribution in [-0.4, -0.2) is 28.8 Å². The van der Waals surface area contributed by atoms with Crippen molar-refractivity contribution in [2.75, 3.05) is 7.05 Å². The Hall–Kier alpha value is -1.91. The van der Waals surface area contributed by atoms with Crippen LogP contribution in [0, 0.1) is 16.0 Å². The van der Waals surface area contributed by atoms with Crippen molar-refractivity contribution in [3.8, 4) is 0 Å². The summed E-state index contributed by atoms with van der Waals surface area (Å²) in [5, 5.41) is 10.7. The molecule has 96 valence electrons. The Morgan fingerprint density at radius 3 is 2.72 bits per heavy atom. The second-order valence-electron chi connectivity index (χ2n) is 4.80. The predicted octanol–water partition coefficient (Wildman–Crippen LogP) is 2.47. The number of carbonyl (C=O) groups is 1. The predicted molar refractivity (Wildman–Crippen MR) is 67.4 cm³/mol. The van der Waals surface area contributed by atoms with Crippen molar-refractivity contribution in [2.24, 2.45) is 5.92 Å². The molecule has 0 aromatic heterocycles. The summed E-state index contributed by atoms with van der Waals surface area (Å²) < 4.78 is 0. The molecule has 1 aromatic carbocycles. The lowest BCUT2D eigenvalue weighted by Gasteiger charge is -2.24. The van der Waals surface area contributed by atoms with E-state index < -0.39 is 4.92 Å². The maximum absolute atomic E-state index is 12.2. The third kappa shape index (κ3) is 2.50. The highest BCUT2D eigenvalue weighted by molar-refractivity contribution is 5.94. The number of nitrogens with zero attached hydrogens (tertiary/aromatic N) is 2. The highest BCUT2D eigenvalue weighted by Gasteiger charge is 2.32. The number of hydrogen-bond donors (Lipinski definition) is 0. The molecule has 1 aliphatic carbocycles. The summed E-state index contributed by atoms with van der Waals surface area (Å²) in [7, 11) is 1.75. The fourth-order valence-electron chi connectivity index (χ4n) is 2.04. The van der Waals surface area contributed by atoms with Gasteiger partial charge in [0.25, 0.3) is 11.6 Å². The van der Waals surface area contributed by atoms with E-state index in [-0.39, 0.29) is 17.6 Å². The summed E-state index contributed by atoms with van der Waals surface area (Å²) in [6.45, 7) is 2.02. The molecule has 1 unspecified atom stereocenters. The standard InChI is InChI=1S/C13H16N2O3/c1-9(10-6-7-10)14(2)13(16)11-4-3-5-12(8-11)15(17)18/h3-5,8-10H,6-7H2,1-2H3. The van der Waals surface area contributed by atoms with Gasteiger partial charge in [0, 0.05) is 30.8 Å². The van der Waals surface area contributed by atoms with Gasteiger partial charge in [0.05, 0.1) is 4.92 Å². The molecule has 0 N–H and O–H groups in total. The molecule has 0 heterocycles. The lowest BCUT2D eigenvalue weighted by atomic mass is 10.1. The van der Waals surface area contributed by atoms with Gasteiger partial charge in [0.1, 0.15) is 0 Å². The highest BCUT2D eigenvalue weighted by atomic mass is 16.6. The van der Waals surface area contributed by atoms with Crippen LogP contribution in [0.15, 0.2) is 24.3 Å². The summed E-state index contributed by atoms with van der Waals surface area (Å²) in [5.41, 5.74) is 0.326. The molecule has 1 aromatic rings. The van der Waals surface area contributed by atoms with Crippen LogP contribution in [0.1, 0.15) is 30.1 Å². The summed E-state index contributed by atoms with van der Waals surface area (Å²) in [6.07, 6.45) is 2.32. The van der Waals surface area contributed by atoms with Crippen LogP contribution in [0.2, 0.25) is 0 Å². The van der Waals surface area contributed by atoms with Gasteiger partial charge in [-0.15, -0.1) is 0 Å². The van der Waals surface area contributed by atoms with Crippen molar-refractivity contribution in [3.63, 3.8) is 0 Å². The fraction of sp³-hybridized carbons (Fsp3) is 0.462. The summed E-state index contributed by atoms with van der Waals surface area (Å²) in [4.78, 5) is 24.1. The Kier molecular flexibility index (Phi) is 3.32. The van der Waals surface area contributed by atoms with Crippen LogP contribution >= 0.6 is 0 Å². The van der Waals surface area contributed by atoms with E-state index in [1.54, 1.807) is 24.1 Å². The van der Waals surface area contributed by atoms with Crippen LogP contribution in [0.5, 0.6) is 0 Å². The van der Waals surface area contributed by atoms with Crippen LogP contribution < -0.4 is 0 Å². The molecule has 18 heavy (non-hydrogen) atoms. The smallest absolute Gasteiger partial charge is 0.270 e. The largest absolute Gasteiger partial charge is 0.339 e. The summed E-state index contributed by atoms with van der Waals surface area (Å²) in [6, 6.07) is 6.07. The molecule has 1 saturated carbocycles. The first-order valence-corrected chi connectivity index (χ1v) is 6.02. The van der Waals surface area contributed by atoms with Gasteiger partial charge in [-0.25, -0.2) is 0 Å². The summed E-state index contributed by atoms with van der Waals surface area (Å²) >= 11 is 0. The molecule has 0 aliphatic heterocycles. The molecule has 0 spiro atoms. The molecule has 0 radical (unpaired) electrons. The van der Waals surface area contributed by atoms with Crippen LogP contribution in [0.25, 0.3) is 0 Å². The Morgan fingerprint density at radius 1 is 1.50 bits per heavy atom. The van der Waals surface area contributed by atoms with Gasteiger partial charge in [-0.1, -0.05) is 6.07 Å². The van der Waals surface area contributed by atoms with Crippen molar-refractivity contribution in [2.45, 2.75) is 25.8 Å². The Balaban J connectivity index is 2.17. The van der Waals surface area contributed by atoms with E-state index in [4.69, 9.17) is 0 Å². The molecule has 2 rings (SSSR count). The van der Waals surface area contributed by atoms with Gasteiger partial charge in [-0.05, 0) is 31.7 Å². The van der Waals surface area contributed by atoms with Crippen LogP contribution in [0.3, 0.4) is 0 Å². The lowest BCUT2D eigenvalue weighted by molar-refractivity contribution is -0.384. The first kappa shape index (κ1) is 12.5. The Labute approximate surface area is 106 Å². The van der Waals surface area contributed by atoms with Gasteiger partial charge in [-0.3, -0.25) is 14.9 Å². The maximum Gasteiger partial charge on any atom is 0.270 e. The number of nitro groups is 1. The quantitative estimate of drug-likeness (QED) is 0.607. The van der Waals surface area contributed by atoms with E-state index in [9.17, 15) is 14.9 Å². The summed E-state index contributed by atoms with van der Waals surface area (Å²) in [5.74, 6) is 0.427. The van der Waals surface area contributed by atoms with Gasteiger partial charge < -0.3 is 4.90 Å². The topological polar surface area (TPSA) is 63.5 Å². The fourth-order valence-corrected chi connectivity index (χ4v) is 2.04. The number of hydrogen-bond acceptors (Lipinski definition) is 3. The molecule has 5 heteroatoms. The zero-order valence-corrected chi connectivity index (χ0v) is 10.5. The van der Waals surface area contributed by atoms with E-state index in [2.05, 4.69) is 0 Å². The molecule has 0 saturated heterocycles. The van der Waals surface area contributed by atoms with Crippen LogP contribution in [-0.2, 0) is 0 Å². The number of non-ortho nitro benzene ring substituents is 1. The van der Waals surface area contributed by atoms with Crippen molar-refractivity contribution in [1.82, 2.24) is 4.90 Å². The van der Waals surface area contributed by atoms with Gasteiger partial charge in [-0.2, -0.15) is 0 Å². The average molecular weight is 248 g/mol. The van der Waals surface area contributed by atoms with E-state index in [1.807, 2.05) is 6.92 Å². The lowest BCUT2D eigenvalue weighted by Crippen LogP contribution is -2.36. The van der Waals surface area contributed by atoms with Crippen molar-refractivity contribution in [3.05, 3.63) is 39.9 Å². The zero-order valence-electron chi connectivity index (χ0n) is 10.5. The van der Waals surface area contributed by atoms with E-state index in [1.165, 1.54) is 12.1 Å². The monoisotopic (exact) mass is 248 g/mol. The molecule has 1 atom stereocenters. The van der Waals surface area contributed by atoms with E-state index in [0.717, 1.165) is 12.8 Å². The first-order chi connectivity index (χ1) is 8.50. The van der Waals surface area contributed by atoms with Gasteiger partial charge >= 0.3 is 0 Å². The molecular formula is C13H16N2O3. The average Bonchev–Trinajstić information content (AvgIpc) is 3.20. The number of nitro benzene ring substituents is 1. The number of rotatable bonds is 4. The minimum atomic E-state index is -0.485. The minimum Gasteiger partial charge on any atom is -0.339 e. The minimum absolute atomic E-state index is 0.0478. The molecule has 1 amide bonds. The highest BCUT2D eigenvalue weighted by Crippen LogP contribution is 2.35. The Morgan fingerprint density at radius 2 is 2.17 bits per heavy atom.